The molecule has 0 radical (unpaired) electrons. The van der Waals surface area contributed by atoms with Crippen LogP contribution >= 0.6 is 0 Å². The fourth-order valence-electron chi connectivity index (χ4n) is 3.99. The van der Waals surface area contributed by atoms with E-state index in [4.69, 9.17) is 9.47 Å². The Bertz CT molecular complexity index is 685. The van der Waals surface area contributed by atoms with Crippen LogP contribution in [0.4, 0.5) is 5.69 Å². The van der Waals surface area contributed by atoms with E-state index < -0.39 is 5.79 Å². The number of para-hydroxylation sites is 1. The number of rotatable bonds is 7. The molecule has 6 nitrogen and oxygen atoms in total. The van der Waals surface area contributed by atoms with Crippen LogP contribution in [0.25, 0.3) is 0 Å². The van der Waals surface area contributed by atoms with Crippen molar-refractivity contribution >= 4 is 17.5 Å². The molecule has 2 fully saturated rings. The van der Waals surface area contributed by atoms with Crippen LogP contribution in [0.2, 0.25) is 0 Å². The van der Waals surface area contributed by atoms with E-state index in [-0.39, 0.29) is 30.1 Å². The molecule has 0 aromatic heterocycles. The maximum absolute atomic E-state index is 12.6. The van der Waals surface area contributed by atoms with Gasteiger partial charge in [-0.05, 0) is 30.9 Å². The molecule has 3 rings (SSSR count). The lowest BCUT2D eigenvalue weighted by Crippen LogP contribution is -2.38. The first-order valence-electron chi connectivity index (χ1n) is 9.85. The average molecular weight is 374 g/mol. The number of amides is 2. The Morgan fingerprint density at radius 3 is 2.74 bits per heavy atom. The third-order valence-electron chi connectivity index (χ3n) is 5.40. The Hall–Kier alpha value is -1.92. The number of carbonyl (C=O) groups is 2. The summed E-state index contributed by atoms with van der Waals surface area (Å²) < 4.78 is 11.3. The SMILES string of the molecule is CCc1ccccc1N1CC(C(=O)NCC(C)CC2(C)OCCO2)CC1=O. The summed E-state index contributed by atoms with van der Waals surface area (Å²) in [4.78, 5) is 26.8. The largest absolute Gasteiger partial charge is 0.356 e. The molecule has 1 aromatic rings. The van der Waals surface area contributed by atoms with Gasteiger partial charge in [-0.15, -0.1) is 0 Å². The summed E-state index contributed by atoms with van der Waals surface area (Å²) in [5.74, 6) is -0.654. The third-order valence-corrected chi connectivity index (χ3v) is 5.40. The van der Waals surface area contributed by atoms with Crippen LogP contribution in [0.3, 0.4) is 0 Å². The number of nitrogens with one attached hydrogen (secondary N) is 1. The van der Waals surface area contributed by atoms with Gasteiger partial charge in [-0.2, -0.15) is 0 Å². The van der Waals surface area contributed by atoms with E-state index in [1.54, 1.807) is 4.90 Å². The minimum absolute atomic E-state index is 0.0179. The van der Waals surface area contributed by atoms with Gasteiger partial charge in [0.1, 0.15) is 0 Å². The van der Waals surface area contributed by atoms with Crippen molar-refractivity contribution in [2.75, 3.05) is 31.2 Å². The predicted molar refractivity (Wildman–Crippen MR) is 103 cm³/mol. The number of carbonyl (C=O) groups excluding carboxylic acids is 2. The normalized spacial score (nSPS) is 22.9. The summed E-state index contributed by atoms with van der Waals surface area (Å²) in [7, 11) is 0. The lowest BCUT2D eigenvalue weighted by Gasteiger charge is -2.26. The second kappa shape index (κ2) is 8.40. The zero-order valence-corrected chi connectivity index (χ0v) is 16.5. The van der Waals surface area contributed by atoms with E-state index in [1.165, 1.54) is 0 Å². The minimum Gasteiger partial charge on any atom is -0.356 e. The molecule has 2 atom stereocenters. The molecule has 148 valence electrons. The molecule has 6 heteroatoms. The first-order chi connectivity index (χ1) is 12.9. The number of hydrogen-bond donors (Lipinski definition) is 1. The standard InChI is InChI=1S/C21H30N2O4/c1-4-16-7-5-6-8-18(16)23-14-17(11-19(23)24)20(25)22-13-15(2)12-21(3)26-9-10-27-21/h5-8,15,17H,4,9-14H2,1-3H3,(H,22,25). The summed E-state index contributed by atoms with van der Waals surface area (Å²) >= 11 is 0. The second-order valence-electron chi connectivity index (χ2n) is 7.77. The molecule has 1 N–H and O–H groups in total. The van der Waals surface area contributed by atoms with E-state index in [0.717, 1.165) is 24.1 Å². The summed E-state index contributed by atoms with van der Waals surface area (Å²) in [5, 5.41) is 3.01. The number of benzene rings is 1. The van der Waals surface area contributed by atoms with Gasteiger partial charge in [0.15, 0.2) is 5.79 Å². The van der Waals surface area contributed by atoms with E-state index in [1.807, 2.05) is 31.2 Å². The first-order valence-corrected chi connectivity index (χ1v) is 9.85. The minimum atomic E-state index is -0.547. The molecule has 1 aromatic carbocycles. The molecule has 2 saturated heterocycles. The number of hydrogen-bond acceptors (Lipinski definition) is 4. The van der Waals surface area contributed by atoms with Gasteiger partial charge in [0.05, 0.1) is 19.1 Å². The van der Waals surface area contributed by atoms with Crippen molar-refractivity contribution in [2.24, 2.45) is 11.8 Å². The number of ether oxygens (including phenoxy) is 2. The van der Waals surface area contributed by atoms with E-state index in [2.05, 4.69) is 19.2 Å². The van der Waals surface area contributed by atoms with Gasteiger partial charge in [-0.25, -0.2) is 0 Å². The van der Waals surface area contributed by atoms with Crippen LogP contribution in [-0.2, 0) is 25.5 Å². The Balaban J connectivity index is 1.53. The molecule has 27 heavy (non-hydrogen) atoms. The van der Waals surface area contributed by atoms with Crippen molar-refractivity contribution < 1.29 is 19.1 Å². The van der Waals surface area contributed by atoms with Gasteiger partial charge in [0.25, 0.3) is 0 Å². The van der Waals surface area contributed by atoms with Gasteiger partial charge in [-0.3, -0.25) is 9.59 Å². The van der Waals surface area contributed by atoms with Crippen molar-refractivity contribution in [1.29, 1.82) is 0 Å². The zero-order chi connectivity index (χ0) is 19.4. The van der Waals surface area contributed by atoms with E-state index in [9.17, 15) is 9.59 Å². The zero-order valence-electron chi connectivity index (χ0n) is 16.5. The Kier molecular flexibility index (Phi) is 6.17. The first kappa shape index (κ1) is 19.8. The summed E-state index contributed by atoms with van der Waals surface area (Å²) in [6.45, 7) is 8.32. The van der Waals surface area contributed by atoms with E-state index >= 15 is 0 Å². The number of aryl methyl sites for hydroxylation is 1. The van der Waals surface area contributed by atoms with Crippen molar-refractivity contribution in [3.63, 3.8) is 0 Å². The average Bonchev–Trinajstić information content (AvgIpc) is 3.25. The van der Waals surface area contributed by atoms with Crippen LogP contribution in [0.5, 0.6) is 0 Å². The lowest BCUT2D eigenvalue weighted by atomic mass is 10.0. The van der Waals surface area contributed by atoms with Gasteiger partial charge in [-0.1, -0.05) is 32.0 Å². The molecular formula is C21H30N2O4. The molecule has 2 aliphatic rings. The molecule has 2 heterocycles. The fraction of sp³-hybridized carbons (Fsp3) is 0.619. The second-order valence-corrected chi connectivity index (χ2v) is 7.77. The molecule has 0 spiro atoms. The highest BCUT2D eigenvalue weighted by Crippen LogP contribution is 2.29. The molecule has 2 aliphatic heterocycles. The number of nitrogens with zero attached hydrogens (tertiary/aromatic N) is 1. The van der Waals surface area contributed by atoms with Crippen molar-refractivity contribution in [3.05, 3.63) is 29.8 Å². The Morgan fingerprint density at radius 1 is 1.33 bits per heavy atom. The quantitative estimate of drug-likeness (QED) is 0.796. The molecule has 2 amide bonds. The highest BCUT2D eigenvalue weighted by atomic mass is 16.7. The van der Waals surface area contributed by atoms with Gasteiger partial charge >= 0.3 is 0 Å². The smallest absolute Gasteiger partial charge is 0.227 e. The van der Waals surface area contributed by atoms with Crippen molar-refractivity contribution in [2.45, 2.75) is 45.8 Å². The monoisotopic (exact) mass is 374 g/mol. The fourth-order valence-corrected chi connectivity index (χ4v) is 3.99. The molecular weight excluding hydrogens is 344 g/mol. The van der Waals surface area contributed by atoms with Crippen LogP contribution in [-0.4, -0.2) is 43.9 Å². The predicted octanol–water partition coefficient (Wildman–Crippen LogP) is 2.51. The van der Waals surface area contributed by atoms with Gasteiger partial charge in [0, 0.05) is 31.6 Å². The summed E-state index contributed by atoms with van der Waals surface area (Å²) in [5.41, 5.74) is 2.06. The summed E-state index contributed by atoms with van der Waals surface area (Å²) in [6, 6.07) is 7.91. The maximum atomic E-state index is 12.6. The van der Waals surface area contributed by atoms with E-state index in [0.29, 0.717) is 26.3 Å². The van der Waals surface area contributed by atoms with Crippen molar-refractivity contribution in [3.8, 4) is 0 Å². The van der Waals surface area contributed by atoms with Crippen molar-refractivity contribution in [1.82, 2.24) is 5.32 Å². The lowest BCUT2D eigenvalue weighted by molar-refractivity contribution is -0.154. The summed E-state index contributed by atoms with van der Waals surface area (Å²) in [6.07, 6.45) is 1.85. The molecule has 0 saturated carbocycles. The van der Waals surface area contributed by atoms with Crippen LogP contribution in [0.15, 0.2) is 24.3 Å². The highest BCUT2D eigenvalue weighted by Gasteiger charge is 2.36. The highest BCUT2D eigenvalue weighted by molar-refractivity contribution is 6.00. The molecule has 2 unspecified atom stereocenters. The van der Waals surface area contributed by atoms with Crippen LogP contribution in [0.1, 0.15) is 39.2 Å². The van der Waals surface area contributed by atoms with Crippen LogP contribution in [0, 0.1) is 11.8 Å². The van der Waals surface area contributed by atoms with Gasteiger partial charge < -0.3 is 19.7 Å². The Labute approximate surface area is 161 Å². The molecule has 0 aliphatic carbocycles. The van der Waals surface area contributed by atoms with Crippen LogP contribution < -0.4 is 10.2 Å². The third kappa shape index (κ3) is 4.68. The van der Waals surface area contributed by atoms with Gasteiger partial charge in [0.2, 0.25) is 11.8 Å². The molecule has 0 bridgehead atoms. The Morgan fingerprint density at radius 2 is 2.04 bits per heavy atom. The topological polar surface area (TPSA) is 67.9 Å². The number of anilines is 1. The maximum Gasteiger partial charge on any atom is 0.227 e.